The standard InChI is InChI=1S/C23H24N6O4/c1-2-33-23(30)18-10-6-7-11-19(18)26-21-20(29(31)32)22(25-16-24-21)28-14-12-27(13-15-28)17-8-4-3-5-9-17/h3-11,16H,2,12-15H2,1H3,(H,24,25,26). The number of hydrogen-bond donors (Lipinski definition) is 1. The number of nitrogens with one attached hydrogen (secondary N) is 1. The van der Waals surface area contributed by atoms with E-state index in [4.69, 9.17) is 4.74 Å². The molecule has 1 saturated heterocycles. The summed E-state index contributed by atoms with van der Waals surface area (Å²) in [6, 6.07) is 16.7. The number of benzene rings is 2. The molecule has 1 fully saturated rings. The second-order valence-corrected chi connectivity index (χ2v) is 7.35. The number of rotatable bonds is 7. The van der Waals surface area contributed by atoms with Crippen LogP contribution in [0.3, 0.4) is 0 Å². The van der Waals surface area contributed by atoms with Crippen molar-refractivity contribution in [3.63, 3.8) is 0 Å². The van der Waals surface area contributed by atoms with E-state index >= 15 is 0 Å². The molecular formula is C23H24N6O4. The molecule has 0 aliphatic carbocycles. The Morgan fingerprint density at radius 3 is 2.39 bits per heavy atom. The number of piperazine rings is 1. The van der Waals surface area contributed by atoms with Crippen LogP contribution < -0.4 is 15.1 Å². The van der Waals surface area contributed by atoms with E-state index in [1.807, 2.05) is 35.2 Å². The van der Waals surface area contributed by atoms with Gasteiger partial charge in [-0.25, -0.2) is 14.8 Å². The van der Waals surface area contributed by atoms with Crippen molar-refractivity contribution in [1.82, 2.24) is 9.97 Å². The van der Waals surface area contributed by atoms with Crippen LogP contribution in [-0.4, -0.2) is 53.6 Å². The average molecular weight is 448 g/mol. The van der Waals surface area contributed by atoms with Gasteiger partial charge in [-0.15, -0.1) is 0 Å². The lowest BCUT2D eigenvalue weighted by Crippen LogP contribution is -2.47. The molecular weight excluding hydrogens is 424 g/mol. The number of ether oxygens (including phenoxy) is 1. The number of carbonyl (C=O) groups excluding carboxylic acids is 1. The fourth-order valence-electron chi connectivity index (χ4n) is 3.78. The SMILES string of the molecule is CCOC(=O)c1ccccc1Nc1ncnc(N2CCN(c3ccccc3)CC2)c1[N+](=O)[O-]. The molecule has 170 valence electrons. The number of esters is 1. The van der Waals surface area contributed by atoms with Gasteiger partial charge in [-0.05, 0) is 31.2 Å². The Balaban J connectivity index is 1.59. The van der Waals surface area contributed by atoms with Gasteiger partial charge < -0.3 is 19.9 Å². The van der Waals surface area contributed by atoms with Crippen LogP contribution in [0.1, 0.15) is 17.3 Å². The molecule has 4 rings (SSSR count). The van der Waals surface area contributed by atoms with Crippen molar-refractivity contribution >= 4 is 34.7 Å². The van der Waals surface area contributed by atoms with Gasteiger partial charge in [-0.2, -0.15) is 0 Å². The normalized spacial score (nSPS) is 13.5. The van der Waals surface area contributed by atoms with Crippen molar-refractivity contribution < 1.29 is 14.5 Å². The molecule has 0 unspecified atom stereocenters. The van der Waals surface area contributed by atoms with Crippen molar-refractivity contribution in [2.75, 3.05) is 47.9 Å². The maximum atomic E-state index is 12.3. The van der Waals surface area contributed by atoms with E-state index < -0.39 is 10.9 Å². The van der Waals surface area contributed by atoms with Crippen LogP contribution in [0.15, 0.2) is 60.9 Å². The monoisotopic (exact) mass is 448 g/mol. The van der Waals surface area contributed by atoms with Crippen LogP contribution in [0.2, 0.25) is 0 Å². The molecule has 0 saturated carbocycles. The summed E-state index contributed by atoms with van der Waals surface area (Å²) in [4.78, 5) is 36.3. The predicted molar refractivity (Wildman–Crippen MR) is 125 cm³/mol. The van der Waals surface area contributed by atoms with Gasteiger partial charge >= 0.3 is 11.7 Å². The molecule has 2 heterocycles. The lowest BCUT2D eigenvalue weighted by Gasteiger charge is -2.36. The summed E-state index contributed by atoms with van der Waals surface area (Å²) in [5.74, 6) is -0.249. The molecule has 2 aromatic carbocycles. The molecule has 3 aromatic rings. The highest BCUT2D eigenvalue weighted by Crippen LogP contribution is 2.35. The van der Waals surface area contributed by atoms with Gasteiger partial charge in [0.15, 0.2) is 0 Å². The molecule has 1 aromatic heterocycles. The third-order valence-corrected chi connectivity index (χ3v) is 5.36. The topological polar surface area (TPSA) is 114 Å². The molecule has 1 N–H and O–H groups in total. The second-order valence-electron chi connectivity index (χ2n) is 7.35. The van der Waals surface area contributed by atoms with E-state index in [1.165, 1.54) is 6.33 Å². The zero-order valence-corrected chi connectivity index (χ0v) is 18.2. The maximum Gasteiger partial charge on any atom is 0.353 e. The maximum absolute atomic E-state index is 12.3. The molecule has 0 bridgehead atoms. The fourth-order valence-corrected chi connectivity index (χ4v) is 3.78. The number of anilines is 4. The molecule has 10 nitrogen and oxygen atoms in total. The van der Waals surface area contributed by atoms with Crippen LogP contribution in [0.4, 0.5) is 28.7 Å². The third-order valence-electron chi connectivity index (χ3n) is 5.36. The summed E-state index contributed by atoms with van der Waals surface area (Å²) >= 11 is 0. The quantitative estimate of drug-likeness (QED) is 0.329. The molecule has 1 aliphatic rings. The van der Waals surface area contributed by atoms with Gasteiger partial charge in [0.1, 0.15) is 6.33 Å². The number of nitrogens with zero attached hydrogens (tertiary/aromatic N) is 5. The Labute approximate surface area is 191 Å². The highest BCUT2D eigenvalue weighted by Gasteiger charge is 2.30. The summed E-state index contributed by atoms with van der Waals surface area (Å²) in [6.45, 7) is 4.50. The van der Waals surface area contributed by atoms with E-state index in [0.717, 1.165) is 5.69 Å². The lowest BCUT2D eigenvalue weighted by molar-refractivity contribution is -0.383. The third kappa shape index (κ3) is 4.84. The van der Waals surface area contributed by atoms with E-state index in [1.54, 1.807) is 31.2 Å². The summed E-state index contributed by atoms with van der Waals surface area (Å²) in [5.41, 5.74) is 1.53. The molecule has 33 heavy (non-hydrogen) atoms. The van der Waals surface area contributed by atoms with Gasteiger partial charge in [0.2, 0.25) is 11.6 Å². The molecule has 1 aliphatic heterocycles. The van der Waals surface area contributed by atoms with Crippen LogP contribution in [0.5, 0.6) is 0 Å². The van der Waals surface area contributed by atoms with Gasteiger partial charge in [0.05, 0.1) is 22.8 Å². The summed E-state index contributed by atoms with van der Waals surface area (Å²) in [7, 11) is 0. The van der Waals surface area contributed by atoms with Crippen LogP contribution in [0.25, 0.3) is 0 Å². The van der Waals surface area contributed by atoms with Crippen molar-refractivity contribution in [3.05, 3.63) is 76.6 Å². The second kappa shape index (κ2) is 9.94. The first-order chi connectivity index (χ1) is 16.1. The zero-order chi connectivity index (χ0) is 23.2. The van der Waals surface area contributed by atoms with Crippen LogP contribution >= 0.6 is 0 Å². The Morgan fingerprint density at radius 2 is 1.70 bits per heavy atom. The fraction of sp³-hybridized carbons (Fsp3) is 0.261. The minimum atomic E-state index is -0.519. The summed E-state index contributed by atoms with van der Waals surface area (Å²) in [5, 5.41) is 15.0. The van der Waals surface area contributed by atoms with Gasteiger partial charge in [-0.1, -0.05) is 30.3 Å². The lowest BCUT2D eigenvalue weighted by atomic mass is 10.1. The minimum Gasteiger partial charge on any atom is -0.462 e. The van der Waals surface area contributed by atoms with Gasteiger partial charge in [0, 0.05) is 31.9 Å². The first-order valence-corrected chi connectivity index (χ1v) is 10.7. The van der Waals surface area contributed by atoms with Crippen molar-refractivity contribution in [2.45, 2.75) is 6.92 Å². The first-order valence-electron chi connectivity index (χ1n) is 10.7. The summed E-state index contributed by atoms with van der Waals surface area (Å²) in [6.07, 6.45) is 1.29. The minimum absolute atomic E-state index is 0.0206. The number of carbonyl (C=O) groups is 1. The molecule has 0 amide bonds. The first kappa shape index (κ1) is 22.0. The van der Waals surface area contributed by atoms with Crippen LogP contribution in [0, 0.1) is 10.1 Å². The van der Waals surface area contributed by atoms with Gasteiger partial charge in [0.25, 0.3) is 0 Å². The Bertz CT molecular complexity index is 1130. The van der Waals surface area contributed by atoms with E-state index in [2.05, 4.69) is 20.2 Å². The van der Waals surface area contributed by atoms with Crippen molar-refractivity contribution in [1.29, 1.82) is 0 Å². The average Bonchev–Trinajstić information content (AvgIpc) is 2.85. The van der Waals surface area contributed by atoms with E-state index in [-0.39, 0.29) is 29.5 Å². The van der Waals surface area contributed by atoms with Crippen molar-refractivity contribution in [3.8, 4) is 0 Å². The molecule has 0 radical (unpaired) electrons. The van der Waals surface area contributed by atoms with E-state index in [0.29, 0.717) is 31.9 Å². The Kier molecular flexibility index (Phi) is 6.63. The highest BCUT2D eigenvalue weighted by atomic mass is 16.6. The van der Waals surface area contributed by atoms with E-state index in [9.17, 15) is 14.9 Å². The number of para-hydroxylation sites is 2. The number of nitro groups is 1. The Morgan fingerprint density at radius 1 is 1.03 bits per heavy atom. The zero-order valence-electron chi connectivity index (χ0n) is 18.2. The molecule has 0 spiro atoms. The predicted octanol–water partition coefficient (Wildman–Crippen LogP) is 3.63. The Hall–Kier alpha value is -4.21. The van der Waals surface area contributed by atoms with Crippen LogP contribution in [-0.2, 0) is 4.74 Å². The number of aromatic nitrogens is 2. The van der Waals surface area contributed by atoms with Crippen molar-refractivity contribution in [2.24, 2.45) is 0 Å². The molecule has 10 heteroatoms. The summed E-state index contributed by atoms with van der Waals surface area (Å²) < 4.78 is 5.09. The molecule has 0 atom stereocenters. The van der Waals surface area contributed by atoms with Gasteiger partial charge in [-0.3, -0.25) is 10.1 Å². The smallest absolute Gasteiger partial charge is 0.353 e. The largest absolute Gasteiger partial charge is 0.462 e. The highest BCUT2D eigenvalue weighted by molar-refractivity contribution is 5.96. The number of hydrogen-bond acceptors (Lipinski definition) is 9.